The number of piperidine rings is 1. The first kappa shape index (κ1) is 18.4. The molecule has 1 aromatic rings. The van der Waals surface area contributed by atoms with E-state index in [0.717, 1.165) is 12.0 Å². The van der Waals surface area contributed by atoms with Crippen LogP contribution in [0.15, 0.2) is 30.3 Å². The van der Waals surface area contributed by atoms with Crippen LogP contribution < -0.4 is 5.32 Å². The number of carbonyl (C=O) groups is 3. The maximum Gasteiger partial charge on any atom is 0.314 e. The topological polar surface area (TPSA) is 86.7 Å². The van der Waals surface area contributed by atoms with Crippen LogP contribution in [0.1, 0.15) is 38.2 Å². The van der Waals surface area contributed by atoms with Gasteiger partial charge in [-0.25, -0.2) is 0 Å². The van der Waals surface area contributed by atoms with E-state index in [1.165, 1.54) is 0 Å². The molecule has 0 unspecified atom stereocenters. The molecule has 1 heterocycles. The molecule has 1 aliphatic heterocycles. The first-order valence-corrected chi connectivity index (χ1v) is 9.28. The molecule has 0 aromatic heterocycles. The number of likely N-dealkylation sites (tertiary alicyclic amines) is 1. The summed E-state index contributed by atoms with van der Waals surface area (Å²) < 4.78 is 0. The fourth-order valence-corrected chi connectivity index (χ4v) is 3.79. The number of carboxylic acid groups (broad SMARTS) is 1. The zero-order valence-electron chi connectivity index (χ0n) is 15.1. The second-order valence-corrected chi connectivity index (χ2v) is 7.49. The Kier molecular flexibility index (Phi) is 5.30. The van der Waals surface area contributed by atoms with Gasteiger partial charge in [-0.3, -0.25) is 14.4 Å². The third kappa shape index (κ3) is 3.74. The predicted octanol–water partition coefficient (Wildman–Crippen LogP) is 1.79. The molecule has 0 bridgehead atoms. The maximum absolute atomic E-state index is 12.4. The van der Waals surface area contributed by atoms with Gasteiger partial charge in [-0.15, -0.1) is 0 Å². The van der Waals surface area contributed by atoms with Gasteiger partial charge in [-0.2, -0.15) is 0 Å². The SMILES string of the molecule is C[C@@H]1C[C@@H]1C(=O)NCCC(=O)N1CCC(C(=O)O)(c2ccccc2)CC1. The number of carboxylic acids is 1. The highest BCUT2D eigenvalue weighted by Gasteiger charge is 2.43. The average molecular weight is 358 g/mol. The van der Waals surface area contributed by atoms with Crippen molar-refractivity contribution in [1.82, 2.24) is 10.2 Å². The summed E-state index contributed by atoms with van der Waals surface area (Å²) in [7, 11) is 0. The van der Waals surface area contributed by atoms with Crippen molar-refractivity contribution in [3.8, 4) is 0 Å². The monoisotopic (exact) mass is 358 g/mol. The van der Waals surface area contributed by atoms with Gasteiger partial charge in [0.1, 0.15) is 0 Å². The Labute approximate surface area is 153 Å². The van der Waals surface area contributed by atoms with Crippen LogP contribution >= 0.6 is 0 Å². The number of aliphatic carboxylic acids is 1. The third-order valence-electron chi connectivity index (χ3n) is 5.79. The third-order valence-corrected chi connectivity index (χ3v) is 5.79. The van der Waals surface area contributed by atoms with Gasteiger partial charge in [0.25, 0.3) is 0 Å². The van der Waals surface area contributed by atoms with Gasteiger partial charge in [0.15, 0.2) is 0 Å². The number of hydrogen-bond donors (Lipinski definition) is 2. The molecule has 0 radical (unpaired) electrons. The first-order valence-electron chi connectivity index (χ1n) is 9.28. The normalized spacial score (nSPS) is 24.0. The van der Waals surface area contributed by atoms with Gasteiger partial charge >= 0.3 is 5.97 Å². The Balaban J connectivity index is 1.51. The van der Waals surface area contributed by atoms with Crippen molar-refractivity contribution in [2.45, 2.75) is 38.0 Å². The summed E-state index contributed by atoms with van der Waals surface area (Å²) >= 11 is 0. The van der Waals surface area contributed by atoms with Crippen molar-refractivity contribution in [3.05, 3.63) is 35.9 Å². The summed E-state index contributed by atoms with van der Waals surface area (Å²) in [6.07, 6.45) is 2.01. The van der Waals surface area contributed by atoms with Gasteiger partial charge in [0.2, 0.25) is 11.8 Å². The van der Waals surface area contributed by atoms with Gasteiger partial charge < -0.3 is 15.3 Å². The molecule has 2 amide bonds. The molecule has 6 heteroatoms. The van der Waals surface area contributed by atoms with Crippen LogP contribution in [0.25, 0.3) is 0 Å². The lowest BCUT2D eigenvalue weighted by molar-refractivity contribution is -0.148. The summed E-state index contributed by atoms with van der Waals surface area (Å²) in [5.41, 5.74) is -0.126. The van der Waals surface area contributed by atoms with E-state index in [4.69, 9.17) is 0 Å². The van der Waals surface area contributed by atoms with Gasteiger partial charge in [-0.05, 0) is 30.7 Å². The summed E-state index contributed by atoms with van der Waals surface area (Å²) in [6.45, 7) is 3.24. The molecule has 26 heavy (non-hydrogen) atoms. The van der Waals surface area contributed by atoms with Crippen molar-refractivity contribution < 1.29 is 19.5 Å². The molecule has 0 spiro atoms. The van der Waals surface area contributed by atoms with Crippen molar-refractivity contribution >= 4 is 17.8 Å². The highest BCUT2D eigenvalue weighted by molar-refractivity contribution is 5.84. The number of nitrogens with zero attached hydrogens (tertiary/aromatic N) is 1. The van der Waals surface area contributed by atoms with Crippen LogP contribution in [0.2, 0.25) is 0 Å². The maximum atomic E-state index is 12.4. The predicted molar refractivity (Wildman–Crippen MR) is 96.5 cm³/mol. The number of benzene rings is 1. The summed E-state index contributed by atoms with van der Waals surface area (Å²) in [6, 6.07) is 9.26. The molecule has 2 N–H and O–H groups in total. The number of hydrogen-bond acceptors (Lipinski definition) is 3. The minimum absolute atomic E-state index is 0.0267. The van der Waals surface area contributed by atoms with E-state index in [1.807, 2.05) is 37.3 Å². The lowest BCUT2D eigenvalue weighted by Crippen LogP contribution is -2.49. The van der Waals surface area contributed by atoms with Crippen LogP contribution in [-0.4, -0.2) is 47.4 Å². The molecular formula is C20H26N2O4. The highest BCUT2D eigenvalue weighted by Crippen LogP contribution is 2.38. The van der Waals surface area contributed by atoms with Crippen molar-refractivity contribution in [2.24, 2.45) is 11.8 Å². The fraction of sp³-hybridized carbons (Fsp3) is 0.550. The average Bonchev–Trinajstić information content (AvgIpc) is 3.39. The highest BCUT2D eigenvalue weighted by atomic mass is 16.4. The largest absolute Gasteiger partial charge is 0.481 e. The summed E-state index contributed by atoms with van der Waals surface area (Å²) in [4.78, 5) is 37.8. The van der Waals surface area contributed by atoms with E-state index in [-0.39, 0.29) is 24.2 Å². The van der Waals surface area contributed by atoms with Crippen LogP contribution in [-0.2, 0) is 19.8 Å². The van der Waals surface area contributed by atoms with E-state index in [2.05, 4.69) is 5.32 Å². The van der Waals surface area contributed by atoms with E-state index in [0.29, 0.717) is 38.4 Å². The van der Waals surface area contributed by atoms with Crippen LogP contribution in [0, 0.1) is 11.8 Å². The van der Waals surface area contributed by atoms with E-state index < -0.39 is 11.4 Å². The lowest BCUT2D eigenvalue weighted by atomic mass is 9.73. The Bertz CT molecular complexity index is 680. The smallest absolute Gasteiger partial charge is 0.314 e. The Hall–Kier alpha value is -2.37. The lowest BCUT2D eigenvalue weighted by Gasteiger charge is -2.39. The van der Waals surface area contributed by atoms with Gasteiger partial charge in [-0.1, -0.05) is 37.3 Å². The molecule has 6 nitrogen and oxygen atoms in total. The molecule has 1 aromatic carbocycles. The van der Waals surface area contributed by atoms with Crippen LogP contribution in [0.5, 0.6) is 0 Å². The molecular weight excluding hydrogens is 332 g/mol. The number of rotatable bonds is 6. The Morgan fingerprint density at radius 2 is 1.81 bits per heavy atom. The minimum atomic E-state index is -0.922. The van der Waals surface area contributed by atoms with Crippen molar-refractivity contribution in [1.29, 1.82) is 0 Å². The zero-order chi connectivity index (χ0) is 18.7. The zero-order valence-corrected chi connectivity index (χ0v) is 15.1. The molecule has 2 aliphatic rings. The summed E-state index contributed by atoms with van der Waals surface area (Å²) in [5.74, 6) is -0.252. The van der Waals surface area contributed by atoms with Crippen molar-refractivity contribution in [3.63, 3.8) is 0 Å². The number of amides is 2. The number of carbonyl (C=O) groups excluding carboxylic acids is 2. The van der Waals surface area contributed by atoms with E-state index >= 15 is 0 Å². The van der Waals surface area contributed by atoms with Gasteiger partial charge in [0, 0.05) is 32.0 Å². The molecule has 2 atom stereocenters. The standard InChI is InChI=1S/C20H26N2O4/c1-14-13-16(14)18(24)21-10-7-17(23)22-11-8-20(9-12-22,19(25)26)15-5-3-2-4-6-15/h2-6,14,16H,7-13H2,1H3,(H,21,24)(H,25,26)/t14-,16+/m1/s1. The molecule has 1 aliphatic carbocycles. The number of nitrogens with one attached hydrogen (secondary N) is 1. The second-order valence-electron chi connectivity index (χ2n) is 7.49. The first-order chi connectivity index (χ1) is 12.4. The van der Waals surface area contributed by atoms with E-state index in [1.54, 1.807) is 4.90 Å². The fourth-order valence-electron chi connectivity index (χ4n) is 3.79. The van der Waals surface area contributed by atoms with Crippen LogP contribution in [0.4, 0.5) is 0 Å². The second kappa shape index (κ2) is 7.48. The van der Waals surface area contributed by atoms with Crippen molar-refractivity contribution in [2.75, 3.05) is 19.6 Å². The molecule has 3 rings (SSSR count). The van der Waals surface area contributed by atoms with E-state index in [9.17, 15) is 19.5 Å². The quantitative estimate of drug-likeness (QED) is 0.812. The Morgan fingerprint density at radius 3 is 2.35 bits per heavy atom. The Morgan fingerprint density at radius 1 is 1.19 bits per heavy atom. The minimum Gasteiger partial charge on any atom is -0.481 e. The summed E-state index contributed by atoms with van der Waals surface area (Å²) in [5, 5.41) is 12.6. The molecule has 2 fully saturated rings. The molecule has 1 saturated heterocycles. The van der Waals surface area contributed by atoms with Gasteiger partial charge in [0.05, 0.1) is 5.41 Å². The van der Waals surface area contributed by atoms with Crippen LogP contribution in [0.3, 0.4) is 0 Å². The molecule has 1 saturated carbocycles. The molecule has 140 valence electrons.